The van der Waals surface area contributed by atoms with E-state index in [0.717, 1.165) is 5.56 Å². The first kappa shape index (κ1) is 12.1. The lowest BCUT2D eigenvalue weighted by Gasteiger charge is -2.21. The molecule has 1 aromatic carbocycles. The number of carbonyl (C=O) groups excluding carboxylic acids is 1. The summed E-state index contributed by atoms with van der Waals surface area (Å²) in [5, 5.41) is -0.498. The van der Waals surface area contributed by atoms with Gasteiger partial charge in [-0.2, -0.15) is 0 Å². The quantitative estimate of drug-likeness (QED) is 0.724. The van der Waals surface area contributed by atoms with Crippen LogP contribution in [-0.2, 0) is 4.79 Å². The second kappa shape index (κ2) is 5.17. The van der Waals surface area contributed by atoms with Gasteiger partial charge in [-0.25, -0.2) is 0 Å². The zero-order valence-corrected chi connectivity index (χ0v) is 10.0. The van der Waals surface area contributed by atoms with E-state index < -0.39 is 5.38 Å². The van der Waals surface area contributed by atoms with Crippen LogP contribution in [0.2, 0.25) is 0 Å². The van der Waals surface area contributed by atoms with Crippen molar-refractivity contribution in [1.82, 2.24) is 4.90 Å². The number of benzene rings is 1. The van der Waals surface area contributed by atoms with E-state index in [1.807, 2.05) is 37.3 Å². The van der Waals surface area contributed by atoms with Crippen LogP contribution in [0.5, 0.6) is 0 Å². The van der Waals surface area contributed by atoms with Gasteiger partial charge in [-0.15, -0.1) is 11.6 Å². The fourth-order valence-electron chi connectivity index (χ4n) is 1.39. The van der Waals surface area contributed by atoms with Crippen molar-refractivity contribution in [1.29, 1.82) is 0 Å². The lowest BCUT2D eigenvalue weighted by molar-refractivity contribution is -0.128. The van der Waals surface area contributed by atoms with Gasteiger partial charge in [0.25, 0.3) is 0 Å². The van der Waals surface area contributed by atoms with Crippen molar-refractivity contribution in [3.63, 3.8) is 0 Å². The van der Waals surface area contributed by atoms with E-state index in [4.69, 9.17) is 11.6 Å². The summed E-state index contributed by atoms with van der Waals surface area (Å²) < 4.78 is 0. The number of carbonyl (C=O) groups is 1. The van der Waals surface area contributed by atoms with Crippen LogP contribution < -0.4 is 0 Å². The smallest absolute Gasteiger partial charge is 0.240 e. The fraction of sp³-hybridized carbons (Fsp3) is 0.417. The van der Waals surface area contributed by atoms with Crippen molar-refractivity contribution >= 4 is 17.5 Å². The zero-order chi connectivity index (χ0) is 11.4. The average molecular weight is 226 g/mol. The van der Waals surface area contributed by atoms with Crippen LogP contribution in [-0.4, -0.2) is 30.3 Å². The Morgan fingerprint density at radius 1 is 1.27 bits per heavy atom. The maximum atomic E-state index is 11.7. The van der Waals surface area contributed by atoms with Crippen LogP contribution in [0.3, 0.4) is 0 Å². The summed E-state index contributed by atoms with van der Waals surface area (Å²) >= 11 is 6.12. The molecule has 2 unspecified atom stereocenters. The van der Waals surface area contributed by atoms with Gasteiger partial charge in [-0.05, 0) is 5.56 Å². The van der Waals surface area contributed by atoms with E-state index in [1.165, 1.54) is 4.90 Å². The standard InChI is InChI=1S/C12H16ClNO/c1-9(10-7-5-4-6-8-10)11(13)12(15)14(2)3/h4-9,11H,1-3H3. The van der Waals surface area contributed by atoms with Gasteiger partial charge in [-0.3, -0.25) is 4.79 Å². The summed E-state index contributed by atoms with van der Waals surface area (Å²) in [5.41, 5.74) is 1.09. The second-order valence-electron chi connectivity index (χ2n) is 3.83. The molecule has 0 heterocycles. The predicted octanol–water partition coefficient (Wildman–Crippen LogP) is 2.49. The van der Waals surface area contributed by atoms with Gasteiger partial charge in [0.15, 0.2) is 0 Å². The topological polar surface area (TPSA) is 20.3 Å². The Labute approximate surface area is 95.8 Å². The Kier molecular flexibility index (Phi) is 4.15. The molecular weight excluding hydrogens is 210 g/mol. The van der Waals surface area contributed by atoms with Gasteiger partial charge in [0.1, 0.15) is 5.38 Å². The molecule has 3 heteroatoms. The summed E-state index contributed by atoms with van der Waals surface area (Å²) in [6, 6.07) is 9.84. The summed E-state index contributed by atoms with van der Waals surface area (Å²) in [6.45, 7) is 1.97. The normalized spacial score (nSPS) is 14.4. The largest absolute Gasteiger partial charge is 0.348 e. The van der Waals surface area contributed by atoms with Crippen LogP contribution in [0.4, 0.5) is 0 Å². The minimum Gasteiger partial charge on any atom is -0.348 e. The molecule has 2 nitrogen and oxygen atoms in total. The molecule has 2 atom stereocenters. The minimum absolute atomic E-state index is 0.0303. The Bertz CT molecular complexity index is 324. The molecule has 0 spiro atoms. The minimum atomic E-state index is -0.498. The van der Waals surface area contributed by atoms with Gasteiger partial charge in [0, 0.05) is 20.0 Å². The van der Waals surface area contributed by atoms with Crippen molar-refractivity contribution in [2.24, 2.45) is 0 Å². The van der Waals surface area contributed by atoms with E-state index in [1.54, 1.807) is 14.1 Å². The van der Waals surface area contributed by atoms with Crippen LogP contribution in [0.1, 0.15) is 18.4 Å². The fourth-order valence-corrected chi connectivity index (χ4v) is 1.73. The van der Waals surface area contributed by atoms with Gasteiger partial charge in [0.05, 0.1) is 0 Å². The van der Waals surface area contributed by atoms with Gasteiger partial charge >= 0.3 is 0 Å². The van der Waals surface area contributed by atoms with Crippen LogP contribution in [0, 0.1) is 0 Å². The number of halogens is 1. The number of hydrogen-bond acceptors (Lipinski definition) is 1. The molecule has 15 heavy (non-hydrogen) atoms. The lowest BCUT2D eigenvalue weighted by Crippen LogP contribution is -2.33. The first-order chi connectivity index (χ1) is 7.04. The molecule has 0 aliphatic carbocycles. The second-order valence-corrected chi connectivity index (χ2v) is 4.30. The van der Waals surface area contributed by atoms with E-state index in [-0.39, 0.29) is 11.8 Å². The summed E-state index contributed by atoms with van der Waals surface area (Å²) in [5.74, 6) is -0.0178. The van der Waals surface area contributed by atoms with Crippen molar-refractivity contribution in [2.75, 3.05) is 14.1 Å². The first-order valence-electron chi connectivity index (χ1n) is 4.94. The molecule has 0 aliphatic rings. The SMILES string of the molecule is CC(c1ccccc1)C(Cl)C(=O)N(C)C. The number of rotatable bonds is 3. The molecule has 0 aliphatic heterocycles. The molecule has 82 valence electrons. The summed E-state index contributed by atoms with van der Waals surface area (Å²) in [4.78, 5) is 13.2. The zero-order valence-electron chi connectivity index (χ0n) is 9.27. The highest BCUT2D eigenvalue weighted by molar-refractivity contribution is 6.31. The van der Waals surface area contributed by atoms with E-state index in [9.17, 15) is 4.79 Å². The summed E-state index contributed by atoms with van der Waals surface area (Å²) in [6.07, 6.45) is 0. The van der Waals surface area contributed by atoms with E-state index >= 15 is 0 Å². The lowest BCUT2D eigenvalue weighted by atomic mass is 9.97. The van der Waals surface area contributed by atoms with Crippen molar-refractivity contribution < 1.29 is 4.79 Å². The van der Waals surface area contributed by atoms with E-state index in [0.29, 0.717) is 0 Å². The van der Waals surface area contributed by atoms with Crippen LogP contribution in [0.15, 0.2) is 30.3 Å². The Balaban J connectivity index is 2.77. The van der Waals surface area contributed by atoms with Gasteiger partial charge in [-0.1, -0.05) is 37.3 Å². The number of hydrogen-bond donors (Lipinski definition) is 0. The maximum absolute atomic E-state index is 11.7. The highest BCUT2D eigenvalue weighted by Crippen LogP contribution is 2.23. The van der Waals surface area contributed by atoms with Crippen molar-refractivity contribution in [2.45, 2.75) is 18.2 Å². The van der Waals surface area contributed by atoms with Crippen LogP contribution >= 0.6 is 11.6 Å². The van der Waals surface area contributed by atoms with E-state index in [2.05, 4.69) is 0 Å². The molecule has 1 amide bonds. The Morgan fingerprint density at radius 2 is 1.80 bits per heavy atom. The van der Waals surface area contributed by atoms with Gasteiger partial charge < -0.3 is 4.90 Å². The first-order valence-corrected chi connectivity index (χ1v) is 5.38. The molecular formula is C12H16ClNO. The Hall–Kier alpha value is -1.02. The average Bonchev–Trinajstić information content (AvgIpc) is 2.27. The van der Waals surface area contributed by atoms with Gasteiger partial charge in [0.2, 0.25) is 5.91 Å². The highest BCUT2D eigenvalue weighted by atomic mass is 35.5. The molecule has 0 bridgehead atoms. The molecule has 0 N–H and O–H groups in total. The maximum Gasteiger partial charge on any atom is 0.240 e. The van der Waals surface area contributed by atoms with Crippen molar-refractivity contribution in [3.05, 3.63) is 35.9 Å². The molecule has 0 fully saturated rings. The summed E-state index contributed by atoms with van der Waals surface area (Å²) in [7, 11) is 3.44. The third kappa shape index (κ3) is 2.96. The number of alkyl halides is 1. The third-order valence-electron chi connectivity index (χ3n) is 2.44. The molecule has 0 radical (unpaired) electrons. The Morgan fingerprint density at radius 3 is 2.27 bits per heavy atom. The highest BCUT2D eigenvalue weighted by Gasteiger charge is 2.24. The van der Waals surface area contributed by atoms with Crippen molar-refractivity contribution in [3.8, 4) is 0 Å². The number of amides is 1. The molecule has 0 aromatic heterocycles. The monoisotopic (exact) mass is 225 g/mol. The molecule has 1 aromatic rings. The predicted molar refractivity (Wildman–Crippen MR) is 63.2 cm³/mol. The molecule has 0 saturated carbocycles. The molecule has 1 rings (SSSR count). The van der Waals surface area contributed by atoms with Crippen LogP contribution in [0.25, 0.3) is 0 Å². The molecule has 0 saturated heterocycles. The third-order valence-corrected chi connectivity index (χ3v) is 3.01. The number of nitrogens with zero attached hydrogens (tertiary/aromatic N) is 1.